The molecule has 1 rings (SSSR count). The van der Waals surface area contributed by atoms with Gasteiger partial charge < -0.3 is 14.6 Å². The molecule has 1 heterocycles. The van der Waals surface area contributed by atoms with Crippen molar-refractivity contribution in [3.05, 3.63) is 23.5 Å². The molecule has 0 saturated heterocycles. The van der Waals surface area contributed by atoms with Crippen molar-refractivity contribution in [2.24, 2.45) is 7.05 Å². The van der Waals surface area contributed by atoms with E-state index in [1.54, 1.807) is 0 Å². The van der Waals surface area contributed by atoms with Crippen molar-refractivity contribution in [1.29, 1.82) is 5.26 Å². The van der Waals surface area contributed by atoms with E-state index in [1.807, 2.05) is 30.8 Å². The summed E-state index contributed by atoms with van der Waals surface area (Å²) in [6.45, 7) is 6.31. The molecule has 1 aromatic rings. The normalized spacial score (nSPS) is 12.4. The number of hydrogen-bond acceptors (Lipinski definition) is 3. The number of ether oxygens (including phenoxy) is 1. The molecule has 4 heteroatoms. The van der Waals surface area contributed by atoms with E-state index < -0.39 is 0 Å². The van der Waals surface area contributed by atoms with Crippen LogP contribution in [0.2, 0.25) is 0 Å². The molecule has 1 atom stereocenters. The maximum absolute atomic E-state index is 8.81. The van der Waals surface area contributed by atoms with Crippen LogP contribution in [0.3, 0.4) is 0 Å². The Labute approximate surface area is 96.8 Å². The summed E-state index contributed by atoms with van der Waals surface area (Å²) in [4.78, 5) is 0. The quantitative estimate of drug-likeness (QED) is 0.790. The molecule has 0 fully saturated rings. The van der Waals surface area contributed by atoms with Crippen molar-refractivity contribution < 1.29 is 4.74 Å². The molecule has 0 aliphatic heterocycles. The van der Waals surface area contributed by atoms with Gasteiger partial charge in [-0.3, -0.25) is 0 Å². The number of hydrogen-bond donors (Lipinski definition) is 1. The standard InChI is InChI=1S/C12H19N3O/c1-4-16-9-10(2)14-7-11-5-12(6-13)15(3)8-11/h5,8,10,14H,4,7,9H2,1-3H3. The second-order valence-corrected chi connectivity index (χ2v) is 3.90. The van der Waals surface area contributed by atoms with Gasteiger partial charge >= 0.3 is 0 Å². The fourth-order valence-electron chi connectivity index (χ4n) is 1.49. The van der Waals surface area contributed by atoms with Crippen LogP contribution in [0.25, 0.3) is 0 Å². The van der Waals surface area contributed by atoms with E-state index in [-0.39, 0.29) is 0 Å². The van der Waals surface area contributed by atoms with Gasteiger partial charge in [-0.2, -0.15) is 5.26 Å². The average molecular weight is 221 g/mol. The molecule has 0 aromatic carbocycles. The van der Waals surface area contributed by atoms with Gasteiger partial charge in [0.25, 0.3) is 0 Å². The van der Waals surface area contributed by atoms with Crippen LogP contribution in [0.15, 0.2) is 12.3 Å². The average Bonchev–Trinajstić information content (AvgIpc) is 2.64. The second-order valence-electron chi connectivity index (χ2n) is 3.90. The third kappa shape index (κ3) is 3.69. The molecule has 0 aliphatic rings. The third-order valence-corrected chi connectivity index (χ3v) is 2.40. The third-order valence-electron chi connectivity index (χ3n) is 2.40. The zero-order chi connectivity index (χ0) is 12.0. The van der Waals surface area contributed by atoms with E-state index in [9.17, 15) is 0 Å². The van der Waals surface area contributed by atoms with Crippen molar-refractivity contribution in [3.63, 3.8) is 0 Å². The minimum atomic E-state index is 0.325. The molecule has 0 saturated carbocycles. The van der Waals surface area contributed by atoms with Gasteiger partial charge in [-0.15, -0.1) is 0 Å². The van der Waals surface area contributed by atoms with Gasteiger partial charge in [0.05, 0.1) is 6.61 Å². The Hall–Kier alpha value is -1.31. The van der Waals surface area contributed by atoms with Gasteiger partial charge in [-0.05, 0) is 25.5 Å². The van der Waals surface area contributed by atoms with Crippen LogP contribution in [0.4, 0.5) is 0 Å². The SMILES string of the molecule is CCOCC(C)NCc1cc(C#N)n(C)c1. The van der Waals surface area contributed by atoms with Crippen LogP contribution in [0.1, 0.15) is 25.1 Å². The first kappa shape index (κ1) is 12.8. The smallest absolute Gasteiger partial charge is 0.120 e. The molecule has 0 bridgehead atoms. The van der Waals surface area contributed by atoms with Crippen LogP contribution < -0.4 is 5.32 Å². The first-order valence-corrected chi connectivity index (χ1v) is 5.53. The van der Waals surface area contributed by atoms with Crippen LogP contribution in [0, 0.1) is 11.3 Å². The molecule has 0 spiro atoms. The lowest BCUT2D eigenvalue weighted by Crippen LogP contribution is -2.29. The molecule has 1 aromatic heterocycles. The van der Waals surface area contributed by atoms with E-state index in [2.05, 4.69) is 18.3 Å². The number of nitrogens with one attached hydrogen (secondary N) is 1. The summed E-state index contributed by atoms with van der Waals surface area (Å²) in [5.41, 5.74) is 1.82. The largest absolute Gasteiger partial charge is 0.380 e. The molecule has 1 unspecified atom stereocenters. The highest BCUT2D eigenvalue weighted by atomic mass is 16.5. The lowest BCUT2D eigenvalue weighted by atomic mass is 10.3. The molecule has 0 amide bonds. The van der Waals surface area contributed by atoms with E-state index in [0.717, 1.165) is 18.7 Å². The highest BCUT2D eigenvalue weighted by molar-refractivity contribution is 5.28. The maximum Gasteiger partial charge on any atom is 0.120 e. The fourth-order valence-corrected chi connectivity index (χ4v) is 1.49. The number of nitriles is 1. The number of aryl methyl sites for hydroxylation is 1. The van der Waals surface area contributed by atoms with Gasteiger partial charge in [0, 0.05) is 32.4 Å². The summed E-state index contributed by atoms with van der Waals surface area (Å²) in [6, 6.07) is 4.38. The van der Waals surface area contributed by atoms with Crippen molar-refractivity contribution in [2.75, 3.05) is 13.2 Å². The summed E-state index contributed by atoms with van der Waals surface area (Å²) in [5.74, 6) is 0. The minimum Gasteiger partial charge on any atom is -0.380 e. The van der Waals surface area contributed by atoms with Crippen molar-refractivity contribution in [1.82, 2.24) is 9.88 Å². The molecular formula is C12H19N3O. The number of aromatic nitrogens is 1. The van der Waals surface area contributed by atoms with Crippen LogP contribution in [0.5, 0.6) is 0 Å². The first-order chi connectivity index (χ1) is 7.67. The molecule has 0 radical (unpaired) electrons. The highest BCUT2D eigenvalue weighted by Gasteiger charge is 2.04. The Bertz CT molecular complexity index is 365. The summed E-state index contributed by atoms with van der Waals surface area (Å²) in [6.07, 6.45) is 1.97. The van der Waals surface area contributed by atoms with Gasteiger partial charge in [-0.1, -0.05) is 0 Å². The Morgan fingerprint density at radius 1 is 1.62 bits per heavy atom. The van der Waals surface area contributed by atoms with Gasteiger partial charge in [-0.25, -0.2) is 0 Å². The van der Waals surface area contributed by atoms with Crippen molar-refractivity contribution in [3.8, 4) is 6.07 Å². The predicted molar refractivity (Wildman–Crippen MR) is 62.9 cm³/mol. The zero-order valence-electron chi connectivity index (χ0n) is 10.2. The van der Waals surface area contributed by atoms with E-state index in [1.165, 1.54) is 0 Å². The lowest BCUT2D eigenvalue weighted by molar-refractivity contribution is 0.127. The summed E-state index contributed by atoms with van der Waals surface area (Å²) >= 11 is 0. The first-order valence-electron chi connectivity index (χ1n) is 5.53. The Balaban J connectivity index is 2.40. The summed E-state index contributed by atoms with van der Waals surface area (Å²) in [7, 11) is 1.88. The minimum absolute atomic E-state index is 0.325. The fraction of sp³-hybridized carbons (Fsp3) is 0.583. The van der Waals surface area contributed by atoms with Crippen molar-refractivity contribution in [2.45, 2.75) is 26.4 Å². The Morgan fingerprint density at radius 2 is 2.38 bits per heavy atom. The summed E-state index contributed by atoms with van der Waals surface area (Å²) < 4.78 is 7.15. The number of nitrogens with zero attached hydrogens (tertiary/aromatic N) is 2. The van der Waals surface area contributed by atoms with E-state index in [4.69, 9.17) is 10.00 Å². The van der Waals surface area contributed by atoms with Gasteiger partial charge in [0.1, 0.15) is 11.8 Å². The zero-order valence-corrected chi connectivity index (χ0v) is 10.2. The Morgan fingerprint density at radius 3 is 2.94 bits per heavy atom. The maximum atomic E-state index is 8.81. The van der Waals surface area contributed by atoms with E-state index >= 15 is 0 Å². The highest BCUT2D eigenvalue weighted by Crippen LogP contribution is 2.05. The molecule has 1 N–H and O–H groups in total. The lowest BCUT2D eigenvalue weighted by Gasteiger charge is -2.12. The topological polar surface area (TPSA) is 50.0 Å². The molecule has 16 heavy (non-hydrogen) atoms. The van der Waals surface area contributed by atoms with Crippen LogP contribution in [-0.4, -0.2) is 23.8 Å². The summed E-state index contributed by atoms with van der Waals surface area (Å²) in [5, 5.41) is 12.2. The van der Waals surface area contributed by atoms with Crippen molar-refractivity contribution >= 4 is 0 Å². The monoisotopic (exact) mass is 221 g/mol. The molecule has 4 nitrogen and oxygen atoms in total. The van der Waals surface area contributed by atoms with Gasteiger partial charge in [0.2, 0.25) is 0 Å². The number of rotatable bonds is 6. The molecule has 88 valence electrons. The van der Waals surface area contributed by atoms with Crippen LogP contribution >= 0.6 is 0 Å². The molecular weight excluding hydrogens is 202 g/mol. The predicted octanol–water partition coefficient (Wildman–Crippen LogP) is 1.41. The van der Waals surface area contributed by atoms with Crippen LogP contribution in [-0.2, 0) is 18.3 Å². The second kappa shape index (κ2) is 6.31. The molecule has 0 aliphatic carbocycles. The van der Waals surface area contributed by atoms with Gasteiger partial charge in [0.15, 0.2) is 0 Å². The Kier molecular flexibility index (Phi) is 5.03. The van der Waals surface area contributed by atoms with E-state index in [0.29, 0.717) is 18.3 Å².